The maximum Gasteiger partial charge on any atom is 0.191 e. The van der Waals surface area contributed by atoms with E-state index in [1.165, 1.54) is 6.21 Å². The highest BCUT2D eigenvalue weighted by Crippen LogP contribution is 2.19. The van der Waals surface area contributed by atoms with Gasteiger partial charge in [0, 0.05) is 15.7 Å². The summed E-state index contributed by atoms with van der Waals surface area (Å²) in [4.78, 5) is 0. The summed E-state index contributed by atoms with van der Waals surface area (Å²) in [6.07, 6.45) is 1.50. The number of rotatable bonds is 3. The SMILES string of the molecule is Cc1cccc(NC(=S)N/N=C\c2cc(Br)ccc2O)c1. The van der Waals surface area contributed by atoms with Gasteiger partial charge in [-0.1, -0.05) is 28.1 Å². The number of thiocarbonyl (C=S) groups is 1. The third-order valence-electron chi connectivity index (χ3n) is 2.64. The molecule has 0 saturated heterocycles. The number of benzene rings is 2. The van der Waals surface area contributed by atoms with Crippen LogP contribution in [0.3, 0.4) is 0 Å². The van der Waals surface area contributed by atoms with Crippen LogP contribution < -0.4 is 10.7 Å². The first kappa shape index (κ1) is 15.5. The molecule has 2 rings (SSSR count). The largest absolute Gasteiger partial charge is 0.507 e. The smallest absolute Gasteiger partial charge is 0.191 e. The molecule has 0 unspecified atom stereocenters. The Hall–Kier alpha value is -1.92. The van der Waals surface area contributed by atoms with Crippen molar-refractivity contribution in [2.24, 2.45) is 5.10 Å². The van der Waals surface area contributed by atoms with Crippen LogP contribution in [0.5, 0.6) is 5.75 Å². The van der Waals surface area contributed by atoms with Gasteiger partial charge in [0.05, 0.1) is 6.21 Å². The number of hydrogen-bond acceptors (Lipinski definition) is 3. The number of aromatic hydroxyl groups is 1. The molecule has 0 bridgehead atoms. The van der Waals surface area contributed by atoms with E-state index in [2.05, 4.69) is 31.8 Å². The van der Waals surface area contributed by atoms with Gasteiger partial charge < -0.3 is 10.4 Å². The van der Waals surface area contributed by atoms with Gasteiger partial charge in [-0.05, 0) is 55.0 Å². The van der Waals surface area contributed by atoms with Gasteiger partial charge in [0.15, 0.2) is 5.11 Å². The van der Waals surface area contributed by atoms with Crippen LogP contribution in [0.15, 0.2) is 52.0 Å². The second kappa shape index (κ2) is 7.19. The number of anilines is 1. The molecule has 2 aromatic carbocycles. The van der Waals surface area contributed by atoms with Gasteiger partial charge in [-0.2, -0.15) is 5.10 Å². The second-order valence-electron chi connectivity index (χ2n) is 4.40. The third kappa shape index (κ3) is 4.84. The van der Waals surface area contributed by atoms with Crippen LogP contribution in [0.1, 0.15) is 11.1 Å². The molecular formula is C15H14BrN3OS. The van der Waals surface area contributed by atoms with E-state index >= 15 is 0 Å². The van der Waals surface area contributed by atoms with Crippen LogP contribution >= 0.6 is 28.1 Å². The number of phenolic OH excluding ortho intramolecular Hbond substituents is 1. The van der Waals surface area contributed by atoms with E-state index in [0.717, 1.165) is 15.7 Å². The Kier molecular flexibility index (Phi) is 5.30. The Morgan fingerprint density at radius 3 is 2.86 bits per heavy atom. The summed E-state index contributed by atoms with van der Waals surface area (Å²) in [5.41, 5.74) is 5.34. The third-order valence-corrected chi connectivity index (χ3v) is 3.32. The van der Waals surface area contributed by atoms with E-state index in [1.54, 1.807) is 18.2 Å². The van der Waals surface area contributed by atoms with Crippen molar-refractivity contribution in [1.29, 1.82) is 0 Å². The van der Waals surface area contributed by atoms with Gasteiger partial charge in [-0.15, -0.1) is 0 Å². The summed E-state index contributed by atoms with van der Waals surface area (Å²) in [5.74, 6) is 0.154. The fraction of sp³-hybridized carbons (Fsp3) is 0.0667. The highest BCUT2D eigenvalue weighted by Gasteiger charge is 1.99. The molecule has 0 fully saturated rings. The minimum absolute atomic E-state index is 0.154. The van der Waals surface area contributed by atoms with Gasteiger partial charge in [-0.3, -0.25) is 5.43 Å². The number of halogens is 1. The Morgan fingerprint density at radius 1 is 1.29 bits per heavy atom. The lowest BCUT2D eigenvalue weighted by atomic mass is 10.2. The van der Waals surface area contributed by atoms with Crippen molar-refractivity contribution < 1.29 is 5.11 Å². The molecule has 0 aliphatic heterocycles. The number of aryl methyl sites for hydroxylation is 1. The van der Waals surface area contributed by atoms with E-state index in [1.807, 2.05) is 31.2 Å². The molecule has 0 heterocycles. The zero-order chi connectivity index (χ0) is 15.2. The molecule has 0 aliphatic carbocycles. The summed E-state index contributed by atoms with van der Waals surface area (Å²) in [6.45, 7) is 2.01. The molecule has 0 spiro atoms. The Bertz CT molecular complexity index is 688. The Morgan fingerprint density at radius 2 is 2.10 bits per heavy atom. The van der Waals surface area contributed by atoms with Crippen molar-refractivity contribution in [3.63, 3.8) is 0 Å². The molecule has 3 N–H and O–H groups in total. The summed E-state index contributed by atoms with van der Waals surface area (Å²) < 4.78 is 0.863. The van der Waals surface area contributed by atoms with Crippen LogP contribution in [0, 0.1) is 6.92 Å². The fourth-order valence-corrected chi connectivity index (χ4v) is 2.22. The summed E-state index contributed by atoms with van der Waals surface area (Å²) in [6, 6.07) is 13.0. The molecule has 0 amide bonds. The lowest BCUT2D eigenvalue weighted by Crippen LogP contribution is -2.23. The molecule has 0 atom stereocenters. The van der Waals surface area contributed by atoms with E-state index in [-0.39, 0.29) is 5.75 Å². The quantitative estimate of drug-likeness (QED) is 0.441. The van der Waals surface area contributed by atoms with E-state index in [4.69, 9.17) is 12.2 Å². The molecule has 0 radical (unpaired) electrons. The van der Waals surface area contributed by atoms with Crippen molar-refractivity contribution in [2.75, 3.05) is 5.32 Å². The fourth-order valence-electron chi connectivity index (χ4n) is 1.67. The topological polar surface area (TPSA) is 56.7 Å². The maximum atomic E-state index is 9.68. The van der Waals surface area contributed by atoms with Crippen molar-refractivity contribution >= 4 is 45.2 Å². The summed E-state index contributed by atoms with van der Waals surface area (Å²) in [5, 5.41) is 17.1. The molecule has 0 aromatic heterocycles. The van der Waals surface area contributed by atoms with Crippen LogP contribution in [0.25, 0.3) is 0 Å². The second-order valence-corrected chi connectivity index (χ2v) is 5.72. The van der Waals surface area contributed by atoms with Gasteiger partial charge in [0.1, 0.15) is 5.75 Å². The van der Waals surface area contributed by atoms with Crippen molar-refractivity contribution in [3.05, 3.63) is 58.1 Å². The van der Waals surface area contributed by atoms with Crippen LogP contribution in [0.4, 0.5) is 5.69 Å². The predicted molar refractivity (Wildman–Crippen MR) is 93.9 cm³/mol. The molecule has 21 heavy (non-hydrogen) atoms. The molecule has 2 aromatic rings. The molecule has 0 aliphatic rings. The molecule has 4 nitrogen and oxygen atoms in total. The molecular weight excluding hydrogens is 350 g/mol. The highest BCUT2D eigenvalue weighted by molar-refractivity contribution is 9.10. The van der Waals surface area contributed by atoms with Crippen molar-refractivity contribution in [2.45, 2.75) is 6.92 Å². The van der Waals surface area contributed by atoms with E-state index in [9.17, 15) is 5.11 Å². The number of nitrogens with zero attached hydrogens (tertiary/aromatic N) is 1. The lowest BCUT2D eigenvalue weighted by molar-refractivity contribution is 0.474. The number of hydrogen-bond donors (Lipinski definition) is 3. The zero-order valence-corrected chi connectivity index (χ0v) is 13.7. The molecule has 108 valence electrons. The zero-order valence-electron chi connectivity index (χ0n) is 11.3. The summed E-state index contributed by atoms with van der Waals surface area (Å²) >= 11 is 8.48. The monoisotopic (exact) mass is 363 g/mol. The minimum atomic E-state index is 0.154. The minimum Gasteiger partial charge on any atom is -0.507 e. The first-order chi connectivity index (χ1) is 10.0. The highest BCUT2D eigenvalue weighted by atomic mass is 79.9. The summed E-state index contributed by atoms with van der Waals surface area (Å²) in [7, 11) is 0. The van der Waals surface area contributed by atoms with Crippen molar-refractivity contribution in [3.8, 4) is 5.75 Å². The van der Waals surface area contributed by atoms with Crippen LogP contribution in [-0.2, 0) is 0 Å². The van der Waals surface area contributed by atoms with Gasteiger partial charge in [0.2, 0.25) is 0 Å². The Balaban J connectivity index is 1.94. The van der Waals surface area contributed by atoms with Gasteiger partial charge in [-0.25, -0.2) is 0 Å². The predicted octanol–water partition coefficient (Wildman–Crippen LogP) is 3.78. The normalized spacial score (nSPS) is 10.6. The maximum absolute atomic E-state index is 9.68. The van der Waals surface area contributed by atoms with Gasteiger partial charge in [0.25, 0.3) is 0 Å². The average Bonchev–Trinajstić information content (AvgIpc) is 2.42. The van der Waals surface area contributed by atoms with Crippen molar-refractivity contribution in [1.82, 2.24) is 5.43 Å². The standard InChI is InChI=1S/C15H14BrN3OS/c1-10-3-2-4-13(7-10)18-15(21)19-17-9-11-8-12(16)5-6-14(11)20/h2-9,20H,1H3,(H2,18,19,21)/b17-9-. The average molecular weight is 364 g/mol. The first-order valence-electron chi connectivity index (χ1n) is 6.20. The van der Waals surface area contributed by atoms with Gasteiger partial charge >= 0.3 is 0 Å². The molecule has 6 heteroatoms. The van der Waals surface area contributed by atoms with Crippen LogP contribution in [0.2, 0.25) is 0 Å². The first-order valence-corrected chi connectivity index (χ1v) is 7.40. The number of nitrogens with one attached hydrogen (secondary N) is 2. The lowest BCUT2D eigenvalue weighted by Gasteiger charge is -2.07. The Labute approximate surface area is 137 Å². The number of hydrazone groups is 1. The number of phenols is 1. The van der Waals surface area contributed by atoms with E-state index < -0.39 is 0 Å². The van der Waals surface area contributed by atoms with Crippen LogP contribution in [-0.4, -0.2) is 16.4 Å². The molecule has 0 saturated carbocycles. The van der Waals surface area contributed by atoms with E-state index in [0.29, 0.717) is 10.7 Å².